The molecule has 1 unspecified atom stereocenters. The molecule has 0 fully saturated rings. The van der Waals surface area contributed by atoms with E-state index >= 15 is 0 Å². The van der Waals surface area contributed by atoms with E-state index in [1.165, 1.54) is 12.1 Å². The van der Waals surface area contributed by atoms with Crippen LogP contribution in [0.1, 0.15) is 19.1 Å². The Labute approximate surface area is 87.3 Å². The normalized spacial score (nSPS) is 13.3. The van der Waals surface area contributed by atoms with Gasteiger partial charge in [0.2, 0.25) is 0 Å². The highest BCUT2D eigenvalue weighted by Gasteiger charge is 2.05. The average molecular weight is 208 g/mol. The van der Waals surface area contributed by atoms with Crippen molar-refractivity contribution in [1.82, 2.24) is 0 Å². The average Bonchev–Trinajstić information content (AvgIpc) is 2.56. The van der Waals surface area contributed by atoms with Gasteiger partial charge in [-0.15, -0.1) is 0 Å². The third kappa shape index (κ3) is 2.36. The first-order valence-electron chi connectivity index (χ1n) is 5.01. The summed E-state index contributed by atoms with van der Waals surface area (Å²) in [6.45, 7) is 1.74. The number of benzene rings is 1. The maximum absolute atomic E-state index is 12.9. The number of aryl methyl sites for hydroxylation is 1. The fourth-order valence-electron chi connectivity index (χ4n) is 1.54. The molecular formula is C12H13FO2. The molecule has 1 aromatic carbocycles. The fourth-order valence-corrected chi connectivity index (χ4v) is 1.54. The van der Waals surface area contributed by atoms with E-state index in [1.54, 1.807) is 13.0 Å². The van der Waals surface area contributed by atoms with Crippen molar-refractivity contribution in [3.63, 3.8) is 0 Å². The Hall–Kier alpha value is -1.35. The SMILES string of the molecule is CC(O)CCc1cc2cc(F)ccc2o1. The Kier molecular flexibility index (Phi) is 2.73. The molecule has 2 aromatic rings. The van der Waals surface area contributed by atoms with Crippen LogP contribution in [-0.4, -0.2) is 11.2 Å². The second kappa shape index (κ2) is 4.03. The summed E-state index contributed by atoms with van der Waals surface area (Å²) in [6.07, 6.45) is 0.992. The lowest BCUT2D eigenvalue weighted by Gasteiger charge is -1.99. The number of furan rings is 1. The van der Waals surface area contributed by atoms with Gasteiger partial charge in [0, 0.05) is 11.8 Å². The Balaban J connectivity index is 2.23. The van der Waals surface area contributed by atoms with E-state index in [-0.39, 0.29) is 11.9 Å². The maximum Gasteiger partial charge on any atom is 0.134 e. The monoisotopic (exact) mass is 208 g/mol. The maximum atomic E-state index is 12.9. The molecule has 0 aliphatic rings. The van der Waals surface area contributed by atoms with Gasteiger partial charge in [0.15, 0.2) is 0 Å². The molecule has 3 heteroatoms. The topological polar surface area (TPSA) is 33.4 Å². The number of rotatable bonds is 3. The molecule has 80 valence electrons. The lowest BCUT2D eigenvalue weighted by atomic mass is 10.2. The van der Waals surface area contributed by atoms with Crippen LogP contribution in [0.3, 0.4) is 0 Å². The number of aliphatic hydroxyl groups is 1. The zero-order valence-electron chi connectivity index (χ0n) is 8.53. The van der Waals surface area contributed by atoms with Gasteiger partial charge >= 0.3 is 0 Å². The van der Waals surface area contributed by atoms with Crippen LogP contribution in [0.15, 0.2) is 28.7 Å². The van der Waals surface area contributed by atoms with Crippen molar-refractivity contribution in [2.45, 2.75) is 25.9 Å². The van der Waals surface area contributed by atoms with Crippen LogP contribution in [-0.2, 0) is 6.42 Å². The molecule has 2 rings (SSSR count). The second-order valence-electron chi connectivity index (χ2n) is 3.78. The number of aliphatic hydroxyl groups excluding tert-OH is 1. The molecule has 1 heterocycles. The number of fused-ring (bicyclic) bond motifs is 1. The Morgan fingerprint density at radius 3 is 2.93 bits per heavy atom. The predicted octanol–water partition coefficient (Wildman–Crippen LogP) is 2.89. The van der Waals surface area contributed by atoms with Gasteiger partial charge in [-0.25, -0.2) is 4.39 Å². The van der Waals surface area contributed by atoms with Gasteiger partial charge in [-0.2, -0.15) is 0 Å². The first-order chi connectivity index (χ1) is 7.15. The molecule has 0 spiro atoms. The molecule has 1 atom stereocenters. The number of halogens is 1. The van der Waals surface area contributed by atoms with E-state index < -0.39 is 0 Å². The van der Waals surface area contributed by atoms with Gasteiger partial charge in [0.1, 0.15) is 17.2 Å². The van der Waals surface area contributed by atoms with Crippen molar-refractivity contribution in [2.24, 2.45) is 0 Å². The minimum absolute atomic E-state index is 0.259. The summed E-state index contributed by atoms with van der Waals surface area (Å²) in [5, 5.41) is 9.90. The van der Waals surface area contributed by atoms with Crippen LogP contribution in [0.4, 0.5) is 4.39 Å². The minimum Gasteiger partial charge on any atom is -0.461 e. The predicted molar refractivity (Wildman–Crippen MR) is 56.2 cm³/mol. The molecule has 0 bridgehead atoms. The summed E-state index contributed by atoms with van der Waals surface area (Å²) in [5.41, 5.74) is 0.692. The van der Waals surface area contributed by atoms with Crippen LogP contribution in [0.25, 0.3) is 11.0 Å². The van der Waals surface area contributed by atoms with Crippen LogP contribution < -0.4 is 0 Å². The molecule has 1 aromatic heterocycles. The van der Waals surface area contributed by atoms with Gasteiger partial charge in [-0.1, -0.05) is 0 Å². The molecular weight excluding hydrogens is 195 g/mol. The summed E-state index contributed by atoms with van der Waals surface area (Å²) in [6, 6.07) is 6.27. The zero-order valence-corrected chi connectivity index (χ0v) is 8.53. The first kappa shape index (κ1) is 10.2. The van der Waals surface area contributed by atoms with Gasteiger partial charge in [-0.05, 0) is 37.6 Å². The summed E-state index contributed by atoms with van der Waals surface area (Å²) < 4.78 is 18.4. The quantitative estimate of drug-likeness (QED) is 0.841. The second-order valence-corrected chi connectivity index (χ2v) is 3.78. The van der Waals surface area contributed by atoms with Gasteiger partial charge < -0.3 is 9.52 Å². The highest BCUT2D eigenvalue weighted by Crippen LogP contribution is 2.21. The molecule has 0 saturated carbocycles. The summed E-state index contributed by atoms with van der Waals surface area (Å²) in [7, 11) is 0. The van der Waals surface area contributed by atoms with E-state index in [0.29, 0.717) is 18.4 Å². The van der Waals surface area contributed by atoms with Crippen LogP contribution in [0.5, 0.6) is 0 Å². The molecule has 0 aliphatic heterocycles. The smallest absolute Gasteiger partial charge is 0.134 e. The molecule has 0 saturated heterocycles. The van der Waals surface area contributed by atoms with Crippen molar-refractivity contribution in [2.75, 3.05) is 0 Å². The van der Waals surface area contributed by atoms with Crippen molar-refractivity contribution in [3.05, 3.63) is 35.8 Å². The van der Waals surface area contributed by atoms with Crippen molar-refractivity contribution < 1.29 is 13.9 Å². The van der Waals surface area contributed by atoms with Crippen molar-refractivity contribution in [1.29, 1.82) is 0 Å². The minimum atomic E-state index is -0.338. The molecule has 0 radical (unpaired) electrons. The summed E-state index contributed by atoms with van der Waals surface area (Å²) in [4.78, 5) is 0. The third-order valence-corrected chi connectivity index (χ3v) is 2.34. The molecule has 1 N–H and O–H groups in total. The zero-order chi connectivity index (χ0) is 10.8. The van der Waals surface area contributed by atoms with E-state index in [4.69, 9.17) is 9.52 Å². The lowest BCUT2D eigenvalue weighted by Crippen LogP contribution is -2.00. The molecule has 0 aliphatic carbocycles. The van der Waals surface area contributed by atoms with E-state index in [1.807, 2.05) is 6.07 Å². The van der Waals surface area contributed by atoms with E-state index in [0.717, 1.165) is 11.1 Å². The van der Waals surface area contributed by atoms with Crippen molar-refractivity contribution in [3.8, 4) is 0 Å². The Morgan fingerprint density at radius 2 is 2.20 bits per heavy atom. The van der Waals surface area contributed by atoms with Crippen LogP contribution in [0, 0.1) is 5.82 Å². The van der Waals surface area contributed by atoms with Crippen LogP contribution in [0.2, 0.25) is 0 Å². The lowest BCUT2D eigenvalue weighted by molar-refractivity contribution is 0.182. The van der Waals surface area contributed by atoms with E-state index in [2.05, 4.69) is 0 Å². The number of hydrogen-bond donors (Lipinski definition) is 1. The summed E-state index contributed by atoms with van der Waals surface area (Å²) in [5.74, 6) is 0.530. The Bertz CT molecular complexity index is 460. The highest BCUT2D eigenvalue weighted by atomic mass is 19.1. The third-order valence-electron chi connectivity index (χ3n) is 2.34. The van der Waals surface area contributed by atoms with Crippen LogP contribution >= 0.6 is 0 Å². The fraction of sp³-hybridized carbons (Fsp3) is 0.333. The van der Waals surface area contributed by atoms with Gasteiger partial charge in [0.05, 0.1) is 6.10 Å². The standard InChI is InChI=1S/C12H13FO2/c1-8(14)2-4-11-7-9-6-10(13)3-5-12(9)15-11/h3,5-8,14H,2,4H2,1H3. The molecule has 0 amide bonds. The van der Waals surface area contributed by atoms with E-state index in [9.17, 15) is 4.39 Å². The first-order valence-corrected chi connectivity index (χ1v) is 5.01. The van der Waals surface area contributed by atoms with Gasteiger partial charge in [-0.3, -0.25) is 0 Å². The number of hydrogen-bond acceptors (Lipinski definition) is 2. The van der Waals surface area contributed by atoms with Crippen molar-refractivity contribution >= 4 is 11.0 Å². The molecule has 2 nitrogen and oxygen atoms in total. The molecule has 15 heavy (non-hydrogen) atoms. The van der Waals surface area contributed by atoms with Gasteiger partial charge in [0.25, 0.3) is 0 Å². The highest BCUT2D eigenvalue weighted by molar-refractivity contribution is 5.77. The largest absolute Gasteiger partial charge is 0.461 e. The Morgan fingerprint density at radius 1 is 1.40 bits per heavy atom. The summed E-state index contributed by atoms with van der Waals surface area (Å²) >= 11 is 0.